The van der Waals surface area contributed by atoms with Crippen molar-refractivity contribution in [3.63, 3.8) is 0 Å². The molecule has 0 amide bonds. The Hall–Kier alpha value is -1.78. The van der Waals surface area contributed by atoms with Crippen molar-refractivity contribution in [1.29, 1.82) is 0 Å². The van der Waals surface area contributed by atoms with Crippen LogP contribution in [-0.4, -0.2) is 22.9 Å². The summed E-state index contributed by atoms with van der Waals surface area (Å²) in [6.07, 6.45) is 3.62. The maximum absolute atomic E-state index is 12.9. The summed E-state index contributed by atoms with van der Waals surface area (Å²) in [5.41, 5.74) is 1.70. The van der Waals surface area contributed by atoms with Crippen LogP contribution in [0.4, 0.5) is 0 Å². The van der Waals surface area contributed by atoms with Crippen LogP contribution in [0.1, 0.15) is 60.3 Å². The van der Waals surface area contributed by atoms with Gasteiger partial charge in [0.05, 0.1) is 17.5 Å². The van der Waals surface area contributed by atoms with Gasteiger partial charge in [-0.25, -0.2) is 0 Å². The van der Waals surface area contributed by atoms with Gasteiger partial charge < -0.3 is 9.30 Å². The fourth-order valence-corrected chi connectivity index (χ4v) is 3.73. The van der Waals surface area contributed by atoms with Crippen LogP contribution in [0.3, 0.4) is 0 Å². The van der Waals surface area contributed by atoms with Crippen molar-refractivity contribution in [2.45, 2.75) is 45.1 Å². The Balaban J connectivity index is 1.79. The van der Waals surface area contributed by atoms with E-state index in [9.17, 15) is 9.59 Å². The molecule has 1 atom stereocenters. The molecule has 6 heteroatoms. The van der Waals surface area contributed by atoms with Crippen LogP contribution in [0, 0.1) is 0 Å². The second kappa shape index (κ2) is 8.28. The summed E-state index contributed by atoms with van der Waals surface area (Å²) in [6.45, 7) is 3.12. The zero-order valence-corrected chi connectivity index (χ0v) is 16.1. The first-order chi connectivity index (χ1) is 12.5. The number of halogens is 2. The lowest BCUT2D eigenvalue weighted by Gasteiger charge is -2.09. The lowest BCUT2D eigenvalue weighted by Crippen LogP contribution is -2.14. The maximum Gasteiger partial charge on any atom is 0.315 e. The number of hydrogen-bond acceptors (Lipinski definition) is 3. The van der Waals surface area contributed by atoms with Crippen molar-refractivity contribution in [1.82, 2.24) is 4.57 Å². The molecule has 1 aliphatic heterocycles. The van der Waals surface area contributed by atoms with Gasteiger partial charge in [0.2, 0.25) is 5.78 Å². The van der Waals surface area contributed by atoms with Crippen molar-refractivity contribution in [3.8, 4) is 0 Å². The molecule has 0 aliphatic carbocycles. The second-order valence-electron chi connectivity index (χ2n) is 6.47. The zero-order valence-electron chi connectivity index (χ0n) is 14.6. The number of hydrogen-bond donors (Lipinski definition) is 0. The van der Waals surface area contributed by atoms with Crippen LogP contribution >= 0.6 is 23.2 Å². The van der Waals surface area contributed by atoms with Gasteiger partial charge in [-0.2, -0.15) is 0 Å². The summed E-state index contributed by atoms with van der Waals surface area (Å²) in [5, 5.41) is 0.933. The number of carbonyl (C=O) groups excluding carboxylic acids is 2. The molecule has 138 valence electrons. The van der Waals surface area contributed by atoms with Crippen LogP contribution in [0.25, 0.3) is 0 Å². The van der Waals surface area contributed by atoms with Crippen LogP contribution in [0.15, 0.2) is 30.3 Å². The molecule has 0 saturated heterocycles. The summed E-state index contributed by atoms with van der Waals surface area (Å²) >= 11 is 12.2. The Bertz CT molecular complexity index is 811. The predicted molar refractivity (Wildman–Crippen MR) is 102 cm³/mol. The predicted octanol–water partition coefficient (Wildman–Crippen LogP) is 5.25. The summed E-state index contributed by atoms with van der Waals surface area (Å²) < 4.78 is 7.24. The molecule has 2 heterocycles. The van der Waals surface area contributed by atoms with Gasteiger partial charge in [0, 0.05) is 22.8 Å². The van der Waals surface area contributed by atoms with Crippen molar-refractivity contribution in [3.05, 3.63) is 57.3 Å². The largest absolute Gasteiger partial charge is 0.465 e. The topological polar surface area (TPSA) is 48.3 Å². The first-order valence-electron chi connectivity index (χ1n) is 8.88. The van der Waals surface area contributed by atoms with E-state index < -0.39 is 0 Å². The van der Waals surface area contributed by atoms with Crippen molar-refractivity contribution < 1.29 is 14.3 Å². The quantitative estimate of drug-likeness (QED) is 0.366. The summed E-state index contributed by atoms with van der Waals surface area (Å²) in [5.74, 6) is -0.768. The van der Waals surface area contributed by atoms with E-state index >= 15 is 0 Å². The van der Waals surface area contributed by atoms with Gasteiger partial charge >= 0.3 is 5.97 Å². The van der Waals surface area contributed by atoms with E-state index in [1.165, 1.54) is 0 Å². The van der Waals surface area contributed by atoms with E-state index in [1.807, 2.05) is 4.57 Å². The van der Waals surface area contributed by atoms with Gasteiger partial charge in [0.25, 0.3) is 0 Å². The highest BCUT2D eigenvalue weighted by Crippen LogP contribution is 2.36. The van der Waals surface area contributed by atoms with Gasteiger partial charge in [-0.3, -0.25) is 9.59 Å². The zero-order chi connectivity index (χ0) is 18.7. The number of rotatable bonds is 7. The Morgan fingerprint density at radius 2 is 1.92 bits per heavy atom. The number of ketones is 1. The molecule has 1 aliphatic rings. The molecular formula is C20H21Cl2NO3. The number of aromatic nitrogens is 1. The lowest BCUT2D eigenvalue weighted by molar-refractivity contribution is -0.145. The SMILES string of the molecule is CCCCCOC(=O)C1CCn2c1cc(Cl)c2C(=O)c1ccc(Cl)cc1. The normalized spacial score (nSPS) is 15.7. The molecule has 0 N–H and O–H groups in total. The molecule has 0 bridgehead atoms. The molecule has 4 nitrogen and oxygen atoms in total. The fourth-order valence-electron chi connectivity index (χ4n) is 3.30. The number of benzene rings is 1. The first kappa shape index (κ1) is 19.0. The summed E-state index contributed by atoms with van der Waals surface area (Å²) in [7, 11) is 0. The van der Waals surface area contributed by atoms with E-state index in [2.05, 4.69) is 6.92 Å². The summed E-state index contributed by atoms with van der Waals surface area (Å²) in [4.78, 5) is 25.2. The number of esters is 1. The van der Waals surface area contributed by atoms with Crippen molar-refractivity contribution in [2.24, 2.45) is 0 Å². The molecule has 26 heavy (non-hydrogen) atoms. The minimum Gasteiger partial charge on any atom is -0.465 e. The van der Waals surface area contributed by atoms with Gasteiger partial charge in [0.15, 0.2) is 0 Å². The minimum atomic E-state index is -0.360. The average molecular weight is 394 g/mol. The summed E-state index contributed by atoms with van der Waals surface area (Å²) in [6, 6.07) is 8.42. The van der Waals surface area contributed by atoms with Crippen LogP contribution in [0.5, 0.6) is 0 Å². The third kappa shape index (κ3) is 3.81. The second-order valence-corrected chi connectivity index (χ2v) is 7.31. The van der Waals surface area contributed by atoms with Crippen LogP contribution < -0.4 is 0 Å². The fraction of sp³-hybridized carbons (Fsp3) is 0.400. The monoisotopic (exact) mass is 393 g/mol. The molecule has 2 aromatic rings. The molecular weight excluding hydrogens is 373 g/mol. The third-order valence-corrected chi connectivity index (χ3v) is 5.22. The van der Waals surface area contributed by atoms with E-state index in [4.69, 9.17) is 27.9 Å². The molecule has 0 fully saturated rings. The Kier molecular flexibility index (Phi) is 6.05. The molecule has 0 spiro atoms. The van der Waals surface area contributed by atoms with Gasteiger partial charge in [0.1, 0.15) is 5.69 Å². The Morgan fingerprint density at radius 3 is 2.62 bits per heavy atom. The standard InChI is InChI=1S/C20H21Cl2NO3/c1-2-3-4-11-26-20(25)15-9-10-23-17(15)12-16(22)18(23)19(24)13-5-7-14(21)8-6-13/h5-8,12,15H,2-4,9-11H2,1H3. The van der Waals surface area contributed by atoms with Crippen LogP contribution in [-0.2, 0) is 16.1 Å². The smallest absolute Gasteiger partial charge is 0.315 e. The molecule has 0 radical (unpaired) electrons. The van der Waals surface area contributed by atoms with Gasteiger partial charge in [-0.15, -0.1) is 0 Å². The molecule has 0 saturated carbocycles. The highest BCUT2D eigenvalue weighted by Gasteiger charge is 2.35. The highest BCUT2D eigenvalue weighted by atomic mass is 35.5. The maximum atomic E-state index is 12.9. The molecule has 3 rings (SSSR count). The number of unbranched alkanes of at least 4 members (excludes halogenated alkanes) is 2. The van der Waals surface area contributed by atoms with Crippen LogP contribution in [0.2, 0.25) is 10.0 Å². The molecule has 1 aromatic heterocycles. The minimum absolute atomic E-state index is 0.171. The first-order valence-corrected chi connectivity index (χ1v) is 9.64. The number of fused-ring (bicyclic) bond motifs is 1. The number of carbonyl (C=O) groups is 2. The Morgan fingerprint density at radius 1 is 1.19 bits per heavy atom. The number of nitrogens with zero attached hydrogens (tertiary/aromatic N) is 1. The van der Waals surface area contributed by atoms with E-state index in [-0.39, 0.29) is 17.7 Å². The third-order valence-electron chi connectivity index (χ3n) is 4.68. The lowest BCUT2D eigenvalue weighted by atomic mass is 10.1. The Labute approximate surface area is 163 Å². The molecule has 1 unspecified atom stereocenters. The highest BCUT2D eigenvalue weighted by molar-refractivity contribution is 6.35. The van der Waals surface area contributed by atoms with E-state index in [0.29, 0.717) is 40.9 Å². The molecule has 1 aromatic carbocycles. The van der Waals surface area contributed by atoms with Gasteiger partial charge in [-0.05, 0) is 43.2 Å². The average Bonchev–Trinajstić information content (AvgIpc) is 3.16. The van der Waals surface area contributed by atoms with Crippen molar-refractivity contribution in [2.75, 3.05) is 6.61 Å². The van der Waals surface area contributed by atoms with Crippen molar-refractivity contribution >= 4 is 35.0 Å². The van der Waals surface area contributed by atoms with Gasteiger partial charge in [-0.1, -0.05) is 43.0 Å². The number of ether oxygens (including phenoxy) is 1. The van der Waals surface area contributed by atoms with E-state index in [1.54, 1.807) is 30.3 Å². The van der Waals surface area contributed by atoms with E-state index in [0.717, 1.165) is 25.0 Å².